The van der Waals surface area contributed by atoms with Gasteiger partial charge in [0.05, 0.1) is 35.4 Å². The van der Waals surface area contributed by atoms with Crippen molar-refractivity contribution in [1.82, 2.24) is 19.9 Å². The molecule has 0 spiro atoms. The van der Waals surface area contributed by atoms with E-state index in [1.54, 1.807) is 0 Å². The molecule has 0 unspecified atom stereocenters. The van der Waals surface area contributed by atoms with Crippen molar-refractivity contribution in [3.05, 3.63) is 68.7 Å². The first kappa shape index (κ1) is 19.3. The molecule has 3 aromatic rings. The first-order valence-electron chi connectivity index (χ1n) is 8.02. The van der Waals surface area contributed by atoms with Crippen molar-refractivity contribution in [3.8, 4) is 0 Å². The lowest BCUT2D eigenvalue weighted by Crippen LogP contribution is -2.39. The number of aromatic nitrogens is 4. The van der Waals surface area contributed by atoms with Gasteiger partial charge in [-0.25, -0.2) is 4.68 Å². The van der Waals surface area contributed by atoms with E-state index < -0.39 is 10.7 Å². The highest BCUT2D eigenvalue weighted by Crippen LogP contribution is 2.15. The number of nitrogen functional groups attached to an aromatic ring is 1. The van der Waals surface area contributed by atoms with Gasteiger partial charge in [-0.05, 0) is 24.1 Å². The number of anilines is 1. The Hall–Kier alpha value is -2.48. The van der Waals surface area contributed by atoms with E-state index in [1.165, 1.54) is 6.20 Å². The number of aryl methyl sites for hydroxylation is 2. The van der Waals surface area contributed by atoms with E-state index in [2.05, 4.69) is 15.2 Å². The van der Waals surface area contributed by atoms with Gasteiger partial charge in [-0.15, -0.1) is 0 Å². The second-order valence-corrected chi connectivity index (χ2v) is 6.54. The van der Waals surface area contributed by atoms with Gasteiger partial charge in [-0.3, -0.25) is 4.79 Å². The van der Waals surface area contributed by atoms with Crippen LogP contribution in [-0.4, -0.2) is 43.5 Å². The molecule has 27 heavy (non-hydrogen) atoms. The molecule has 2 aromatic heterocycles. The summed E-state index contributed by atoms with van der Waals surface area (Å²) in [4.78, 5) is 16.7. The molecule has 2 heterocycles. The Balaban J connectivity index is 1.73. The van der Waals surface area contributed by atoms with E-state index in [1.807, 2.05) is 24.3 Å². The number of nitrogens with two attached hydrogens (primary N) is 1. The Labute approximate surface area is 164 Å². The van der Waals surface area contributed by atoms with Crippen molar-refractivity contribution in [2.45, 2.75) is 24.5 Å². The largest absolute Gasteiger partial charge is 0.397 e. The SMILES string of the molecule is [B]C([B])([B])c1c(N)cnn(Cc2nc(CCc3ccc(Cl)cc3)no2)c1=O. The molecule has 0 aliphatic rings. The Morgan fingerprint density at radius 2 is 1.89 bits per heavy atom. The van der Waals surface area contributed by atoms with Crippen LogP contribution in [-0.2, 0) is 24.5 Å². The number of hydrogen-bond acceptors (Lipinski definition) is 6. The Morgan fingerprint density at radius 1 is 1.19 bits per heavy atom. The molecule has 0 aliphatic heterocycles. The molecule has 3 rings (SSSR count). The topological polar surface area (TPSA) is 99.8 Å². The molecule has 0 saturated carbocycles. The highest BCUT2D eigenvalue weighted by atomic mass is 35.5. The summed E-state index contributed by atoms with van der Waals surface area (Å²) in [7, 11) is 16.8. The maximum Gasteiger partial charge on any atom is 0.270 e. The van der Waals surface area contributed by atoms with E-state index in [0.717, 1.165) is 16.7 Å². The molecule has 1 aromatic carbocycles. The quantitative estimate of drug-likeness (QED) is 0.623. The summed E-state index contributed by atoms with van der Waals surface area (Å²) >= 11 is 5.87. The highest BCUT2D eigenvalue weighted by Gasteiger charge is 2.22. The Morgan fingerprint density at radius 3 is 2.56 bits per heavy atom. The van der Waals surface area contributed by atoms with E-state index >= 15 is 0 Å². The average Bonchev–Trinajstić information content (AvgIpc) is 3.03. The normalized spacial score (nSPS) is 11.6. The highest BCUT2D eigenvalue weighted by molar-refractivity contribution is 6.59. The summed E-state index contributed by atoms with van der Waals surface area (Å²) in [5.41, 5.74) is 6.05. The van der Waals surface area contributed by atoms with E-state index in [4.69, 9.17) is 45.4 Å². The van der Waals surface area contributed by atoms with Crippen LogP contribution in [0, 0.1) is 0 Å². The molecule has 0 saturated heterocycles. The van der Waals surface area contributed by atoms with Crippen molar-refractivity contribution < 1.29 is 4.52 Å². The smallest absolute Gasteiger partial charge is 0.270 e. The zero-order valence-corrected chi connectivity index (χ0v) is 15.1. The maximum absolute atomic E-state index is 12.5. The van der Waals surface area contributed by atoms with Gasteiger partial charge >= 0.3 is 0 Å². The monoisotopic (exact) mass is 375 g/mol. The van der Waals surface area contributed by atoms with Crippen LogP contribution >= 0.6 is 11.6 Å². The van der Waals surface area contributed by atoms with Crippen molar-refractivity contribution in [1.29, 1.82) is 0 Å². The zero-order chi connectivity index (χ0) is 19.6. The van der Waals surface area contributed by atoms with Crippen molar-refractivity contribution in [2.75, 3.05) is 5.73 Å². The number of nitrogens with zero attached hydrogens (tertiary/aromatic N) is 4. The molecule has 0 atom stereocenters. The first-order valence-corrected chi connectivity index (χ1v) is 8.40. The number of benzene rings is 1. The summed E-state index contributed by atoms with van der Waals surface area (Å²) < 4.78 is 6.24. The van der Waals surface area contributed by atoms with Crippen LogP contribution in [0.4, 0.5) is 5.69 Å². The average molecular weight is 375 g/mol. The van der Waals surface area contributed by atoms with Crippen LogP contribution in [0.2, 0.25) is 5.02 Å². The molecule has 7 nitrogen and oxygen atoms in total. The molecule has 2 N–H and O–H groups in total. The number of hydrogen-bond donors (Lipinski definition) is 1. The number of rotatable bonds is 6. The third-order valence-electron chi connectivity index (χ3n) is 3.85. The van der Waals surface area contributed by atoms with Crippen LogP contribution in [0.3, 0.4) is 0 Å². The fourth-order valence-corrected chi connectivity index (χ4v) is 2.67. The molecular formula is C16H13B3ClN5O2. The molecule has 0 amide bonds. The van der Waals surface area contributed by atoms with Crippen LogP contribution in [0.1, 0.15) is 22.8 Å². The first-order chi connectivity index (χ1) is 12.7. The molecule has 0 fully saturated rings. The predicted octanol–water partition coefficient (Wildman–Crippen LogP) is 0.311. The summed E-state index contributed by atoms with van der Waals surface area (Å²) in [6, 6.07) is 7.51. The summed E-state index contributed by atoms with van der Waals surface area (Å²) in [5, 5.41) is 6.63. The molecule has 6 radical (unpaired) electrons. The molecule has 11 heteroatoms. The van der Waals surface area contributed by atoms with Gasteiger partial charge in [0, 0.05) is 17.0 Å². The third kappa shape index (κ3) is 4.63. The zero-order valence-electron chi connectivity index (χ0n) is 14.3. The molecule has 0 aliphatic carbocycles. The fourth-order valence-electron chi connectivity index (χ4n) is 2.54. The predicted molar refractivity (Wildman–Crippen MR) is 104 cm³/mol. The summed E-state index contributed by atoms with van der Waals surface area (Å²) in [6.45, 7) is -0.0594. The third-order valence-corrected chi connectivity index (χ3v) is 4.10. The van der Waals surface area contributed by atoms with Gasteiger partial charge in [0.25, 0.3) is 5.56 Å². The van der Waals surface area contributed by atoms with Crippen LogP contribution < -0.4 is 11.3 Å². The van der Waals surface area contributed by atoms with Crippen LogP contribution in [0.25, 0.3) is 0 Å². The van der Waals surface area contributed by atoms with Gasteiger partial charge in [0.1, 0.15) is 6.54 Å². The van der Waals surface area contributed by atoms with E-state index in [9.17, 15) is 4.79 Å². The minimum atomic E-state index is -1.88. The van der Waals surface area contributed by atoms with Crippen LogP contribution in [0.15, 0.2) is 39.8 Å². The lowest BCUT2D eigenvalue weighted by atomic mass is 9.40. The molecule has 130 valence electrons. The van der Waals surface area contributed by atoms with Gasteiger partial charge in [0.15, 0.2) is 5.82 Å². The maximum atomic E-state index is 12.5. The van der Waals surface area contributed by atoms with Crippen molar-refractivity contribution in [2.24, 2.45) is 0 Å². The summed E-state index contributed by atoms with van der Waals surface area (Å²) in [5.74, 6) is 0.720. The minimum Gasteiger partial charge on any atom is -0.397 e. The standard InChI is InChI=1S/C16H13B3ClN5O2/c17-16(18,19)14-11(21)7-22-25(15(14)26)8-13-23-12(24-27-13)6-3-9-1-4-10(20)5-2-9/h1-2,4-5,7H,3,6,8,21H2. The second-order valence-electron chi connectivity index (χ2n) is 6.10. The lowest BCUT2D eigenvalue weighted by Gasteiger charge is -2.21. The Kier molecular flexibility index (Phi) is 5.46. The van der Waals surface area contributed by atoms with E-state index in [0.29, 0.717) is 17.3 Å². The second kappa shape index (κ2) is 7.64. The number of halogens is 1. The van der Waals surface area contributed by atoms with Crippen molar-refractivity contribution >= 4 is 40.8 Å². The van der Waals surface area contributed by atoms with Crippen molar-refractivity contribution in [3.63, 3.8) is 0 Å². The van der Waals surface area contributed by atoms with Gasteiger partial charge in [-0.1, -0.05) is 34.0 Å². The Bertz CT molecular complexity index is 999. The van der Waals surface area contributed by atoms with Gasteiger partial charge < -0.3 is 10.3 Å². The fraction of sp³-hybridized carbons (Fsp3) is 0.250. The minimum absolute atomic E-state index is 0.0120. The van der Waals surface area contributed by atoms with Crippen LogP contribution in [0.5, 0.6) is 0 Å². The summed E-state index contributed by atoms with van der Waals surface area (Å²) in [6.07, 6.45) is 2.53. The van der Waals surface area contributed by atoms with Gasteiger partial charge in [0.2, 0.25) is 5.89 Å². The molecule has 0 bridgehead atoms. The van der Waals surface area contributed by atoms with Gasteiger partial charge in [-0.2, -0.15) is 10.1 Å². The van der Waals surface area contributed by atoms with E-state index in [-0.39, 0.29) is 23.7 Å². The lowest BCUT2D eigenvalue weighted by molar-refractivity contribution is 0.358. The molecular weight excluding hydrogens is 362 g/mol.